The molecule has 90 valence electrons. The van der Waals surface area contributed by atoms with Gasteiger partial charge in [0, 0.05) is 5.75 Å². The van der Waals surface area contributed by atoms with Crippen LogP contribution in [-0.2, 0) is 4.79 Å². The Kier molecular flexibility index (Phi) is 5.73. The average Bonchev–Trinajstić information content (AvgIpc) is 2.29. The van der Waals surface area contributed by atoms with Crippen molar-refractivity contribution in [1.82, 2.24) is 0 Å². The molecule has 17 heavy (non-hydrogen) atoms. The number of carboxylic acid groups (broad SMARTS) is 1. The number of nitriles is 1. The van der Waals surface area contributed by atoms with Crippen molar-refractivity contribution in [2.75, 3.05) is 5.75 Å². The summed E-state index contributed by atoms with van der Waals surface area (Å²) in [6.45, 7) is 0. The van der Waals surface area contributed by atoms with E-state index < -0.39 is 12.1 Å². The van der Waals surface area contributed by atoms with Gasteiger partial charge in [-0.1, -0.05) is 10.8 Å². The van der Waals surface area contributed by atoms with Gasteiger partial charge in [0.2, 0.25) is 0 Å². The second-order valence-corrected chi connectivity index (χ2v) is 4.64. The lowest BCUT2D eigenvalue weighted by Gasteiger charge is -2.15. The number of thiol groups is 1. The molecule has 0 saturated heterocycles. The third-order valence-corrected chi connectivity index (χ3v) is 2.92. The summed E-state index contributed by atoms with van der Waals surface area (Å²) >= 11 is 3.98. The van der Waals surface area contributed by atoms with Crippen LogP contribution in [0.4, 0.5) is 0 Å². The van der Waals surface area contributed by atoms with Crippen LogP contribution in [0.5, 0.6) is 5.75 Å². The monoisotopic (exact) mass is 269 g/mol. The molecule has 1 atom stereocenters. The maximum atomic E-state index is 10.6. The smallest absolute Gasteiger partial charge is 0.307 e. The van der Waals surface area contributed by atoms with Gasteiger partial charge in [0.25, 0.3) is 0 Å². The molecule has 0 heterocycles. The largest absolute Gasteiger partial charge is 0.489 e. The Labute approximate surface area is 108 Å². The predicted molar refractivity (Wildman–Crippen MR) is 69.3 cm³/mol. The molecule has 1 aromatic carbocycles. The minimum absolute atomic E-state index is 0.0758. The third-order valence-electron chi connectivity index (χ3n) is 1.95. The van der Waals surface area contributed by atoms with Crippen molar-refractivity contribution >= 4 is 28.4 Å². The van der Waals surface area contributed by atoms with E-state index in [0.29, 0.717) is 17.1 Å². The van der Waals surface area contributed by atoms with Gasteiger partial charge in [-0.05, 0) is 24.3 Å². The van der Waals surface area contributed by atoms with Crippen LogP contribution in [0.3, 0.4) is 0 Å². The van der Waals surface area contributed by atoms with Crippen molar-refractivity contribution < 1.29 is 14.6 Å². The van der Waals surface area contributed by atoms with Crippen LogP contribution in [0.25, 0.3) is 0 Å². The zero-order valence-electron chi connectivity index (χ0n) is 8.87. The molecule has 0 spiro atoms. The first-order valence-corrected chi connectivity index (χ1v) is 6.84. The van der Waals surface area contributed by atoms with E-state index in [0.717, 1.165) is 0 Å². The van der Waals surface area contributed by atoms with E-state index in [4.69, 9.17) is 15.1 Å². The number of hydrogen-bond acceptors (Lipinski definition) is 5. The highest BCUT2D eigenvalue weighted by atomic mass is 33.1. The fraction of sp³-hybridized carbons (Fsp3) is 0.273. The molecular weight excluding hydrogens is 258 g/mol. The lowest BCUT2D eigenvalue weighted by atomic mass is 10.2. The van der Waals surface area contributed by atoms with Crippen LogP contribution in [0.1, 0.15) is 12.0 Å². The van der Waals surface area contributed by atoms with Crippen molar-refractivity contribution in [1.29, 1.82) is 5.26 Å². The van der Waals surface area contributed by atoms with Crippen LogP contribution in [0, 0.1) is 11.3 Å². The lowest BCUT2D eigenvalue weighted by molar-refractivity contribution is -0.138. The van der Waals surface area contributed by atoms with E-state index in [1.807, 2.05) is 6.07 Å². The van der Waals surface area contributed by atoms with Gasteiger partial charge in [0.15, 0.2) is 0 Å². The molecule has 1 rings (SSSR count). The topological polar surface area (TPSA) is 70.3 Å². The van der Waals surface area contributed by atoms with Crippen LogP contribution in [-0.4, -0.2) is 22.9 Å². The third kappa shape index (κ3) is 5.02. The van der Waals surface area contributed by atoms with Crippen LogP contribution in [0.15, 0.2) is 24.3 Å². The summed E-state index contributed by atoms with van der Waals surface area (Å²) in [5, 5.41) is 17.3. The Morgan fingerprint density at radius 3 is 2.65 bits per heavy atom. The second kappa shape index (κ2) is 7.09. The maximum absolute atomic E-state index is 10.6. The Bertz CT molecular complexity index is 414. The molecule has 1 unspecified atom stereocenters. The average molecular weight is 269 g/mol. The minimum atomic E-state index is -0.911. The first-order chi connectivity index (χ1) is 8.15. The molecule has 1 aromatic rings. The number of hydrogen-bond donors (Lipinski definition) is 2. The summed E-state index contributed by atoms with van der Waals surface area (Å²) in [5.41, 5.74) is 0.538. The highest BCUT2D eigenvalue weighted by Gasteiger charge is 2.14. The molecule has 0 amide bonds. The van der Waals surface area contributed by atoms with E-state index in [1.165, 1.54) is 10.8 Å². The number of aliphatic carboxylic acids is 1. The van der Waals surface area contributed by atoms with E-state index in [1.54, 1.807) is 24.3 Å². The van der Waals surface area contributed by atoms with Crippen LogP contribution in [0.2, 0.25) is 0 Å². The summed E-state index contributed by atoms with van der Waals surface area (Å²) in [7, 11) is 1.23. The molecular formula is C11H11NO3S2. The highest BCUT2D eigenvalue weighted by molar-refractivity contribution is 8.68. The molecule has 0 saturated carbocycles. The summed E-state index contributed by atoms with van der Waals surface area (Å²) < 4.78 is 5.51. The predicted octanol–water partition coefficient (Wildman–Crippen LogP) is 2.36. The van der Waals surface area contributed by atoms with Gasteiger partial charge in [-0.3, -0.25) is 4.79 Å². The van der Waals surface area contributed by atoms with Crippen molar-refractivity contribution in [3.05, 3.63) is 29.8 Å². The molecule has 0 radical (unpaired) electrons. The van der Waals surface area contributed by atoms with Crippen molar-refractivity contribution in [3.8, 4) is 11.8 Å². The maximum Gasteiger partial charge on any atom is 0.307 e. The SMILES string of the molecule is N#Cc1ccc(OC(CSS)CC(=O)O)cc1. The Morgan fingerprint density at radius 2 is 2.18 bits per heavy atom. The van der Waals surface area contributed by atoms with Gasteiger partial charge in [0.1, 0.15) is 11.9 Å². The molecule has 0 aromatic heterocycles. The zero-order chi connectivity index (χ0) is 12.7. The summed E-state index contributed by atoms with van der Waals surface area (Å²) in [4.78, 5) is 10.6. The molecule has 6 heteroatoms. The zero-order valence-corrected chi connectivity index (χ0v) is 10.6. The van der Waals surface area contributed by atoms with Crippen LogP contribution < -0.4 is 4.74 Å². The summed E-state index contributed by atoms with van der Waals surface area (Å²) in [6, 6.07) is 8.55. The van der Waals surface area contributed by atoms with E-state index >= 15 is 0 Å². The van der Waals surface area contributed by atoms with Gasteiger partial charge in [-0.15, -0.1) is 11.7 Å². The van der Waals surface area contributed by atoms with Gasteiger partial charge in [-0.2, -0.15) is 5.26 Å². The van der Waals surface area contributed by atoms with Crippen molar-refractivity contribution in [2.24, 2.45) is 0 Å². The number of benzene rings is 1. The number of nitrogens with zero attached hydrogens (tertiary/aromatic N) is 1. The molecule has 0 aliphatic heterocycles. The number of ether oxygens (including phenoxy) is 1. The van der Waals surface area contributed by atoms with E-state index in [9.17, 15) is 4.79 Å². The quantitative estimate of drug-likeness (QED) is 0.613. The normalized spacial score (nSPS) is 11.5. The van der Waals surface area contributed by atoms with Gasteiger partial charge >= 0.3 is 5.97 Å². The Balaban J connectivity index is 2.65. The Hall–Kier alpha value is -1.32. The fourth-order valence-corrected chi connectivity index (χ4v) is 2.06. The second-order valence-electron chi connectivity index (χ2n) is 3.27. The summed E-state index contributed by atoms with van der Waals surface area (Å²) in [5.74, 6) is 0.124. The molecule has 0 bridgehead atoms. The molecule has 0 aliphatic carbocycles. The number of carbonyl (C=O) groups is 1. The van der Waals surface area contributed by atoms with Crippen molar-refractivity contribution in [2.45, 2.75) is 12.5 Å². The first-order valence-electron chi connectivity index (χ1n) is 4.80. The molecule has 1 N–H and O–H groups in total. The lowest BCUT2D eigenvalue weighted by Crippen LogP contribution is -2.22. The standard InChI is InChI=1S/C11H11NO3S2/c12-6-8-1-3-9(4-2-8)15-10(7-17-16)5-11(13)14/h1-4,10,16H,5,7H2,(H,13,14). The van der Waals surface area contributed by atoms with E-state index in [-0.39, 0.29) is 6.42 Å². The number of rotatable bonds is 6. The fourth-order valence-electron chi connectivity index (χ4n) is 1.21. The summed E-state index contributed by atoms with van der Waals surface area (Å²) in [6.07, 6.45) is -0.504. The minimum Gasteiger partial charge on any atom is -0.489 e. The van der Waals surface area contributed by atoms with Crippen LogP contribution >= 0.6 is 22.5 Å². The van der Waals surface area contributed by atoms with Gasteiger partial charge in [-0.25, -0.2) is 0 Å². The number of carboxylic acids is 1. The Morgan fingerprint density at radius 1 is 1.53 bits per heavy atom. The molecule has 0 aliphatic rings. The van der Waals surface area contributed by atoms with Crippen molar-refractivity contribution in [3.63, 3.8) is 0 Å². The van der Waals surface area contributed by atoms with E-state index in [2.05, 4.69) is 11.7 Å². The molecule has 0 fully saturated rings. The van der Waals surface area contributed by atoms with Gasteiger partial charge < -0.3 is 9.84 Å². The molecule has 4 nitrogen and oxygen atoms in total. The highest BCUT2D eigenvalue weighted by Crippen LogP contribution is 2.18. The van der Waals surface area contributed by atoms with Gasteiger partial charge in [0.05, 0.1) is 18.1 Å². The first kappa shape index (κ1) is 13.7.